The van der Waals surface area contributed by atoms with Crippen LogP contribution in [-0.4, -0.2) is 82.6 Å². The van der Waals surface area contributed by atoms with Gasteiger partial charge >= 0.3 is 0 Å². The molecule has 39 heavy (non-hydrogen) atoms. The molecule has 3 amide bonds. The number of anilines is 1. The van der Waals surface area contributed by atoms with Crippen LogP contribution in [0.3, 0.4) is 0 Å². The van der Waals surface area contributed by atoms with Crippen molar-refractivity contribution in [2.75, 3.05) is 44.2 Å². The standard InChI is InChI=1S/C30H40N6O3/c1-18-6-5-7-24(19(18)2)33-12-14-34(15-13-33)26(38)17-36-25-16-23-20(3)27(23)28(25)29(32-36)30(39)35-10-8-22(9-11-35)31-21(4)37/h5-7,20,22-23,27H,8-17H2,1-4H3,(H,31,37). The van der Waals surface area contributed by atoms with Gasteiger partial charge in [-0.05, 0) is 68.1 Å². The summed E-state index contributed by atoms with van der Waals surface area (Å²) in [7, 11) is 0. The molecule has 0 radical (unpaired) electrons. The van der Waals surface area contributed by atoms with Crippen LogP contribution < -0.4 is 10.2 Å². The van der Waals surface area contributed by atoms with E-state index in [9.17, 15) is 14.4 Å². The predicted molar refractivity (Wildman–Crippen MR) is 149 cm³/mol. The van der Waals surface area contributed by atoms with E-state index in [1.54, 1.807) is 0 Å². The molecule has 3 unspecified atom stereocenters. The summed E-state index contributed by atoms with van der Waals surface area (Å²) in [4.78, 5) is 44.7. The minimum Gasteiger partial charge on any atom is -0.368 e. The number of aromatic nitrogens is 2. The maximum Gasteiger partial charge on any atom is 0.274 e. The number of fused-ring (bicyclic) bond motifs is 3. The van der Waals surface area contributed by atoms with Crippen LogP contribution in [0, 0.1) is 25.7 Å². The Morgan fingerprint density at radius 3 is 2.41 bits per heavy atom. The number of likely N-dealkylation sites (tertiary alicyclic amines) is 1. The molecule has 0 bridgehead atoms. The lowest BCUT2D eigenvalue weighted by molar-refractivity contribution is -0.132. The van der Waals surface area contributed by atoms with Crippen molar-refractivity contribution in [3.05, 3.63) is 46.3 Å². The van der Waals surface area contributed by atoms with Gasteiger partial charge < -0.3 is 20.0 Å². The lowest BCUT2D eigenvalue weighted by Gasteiger charge is -2.37. The molecule has 1 N–H and O–H groups in total. The molecule has 0 spiro atoms. The monoisotopic (exact) mass is 532 g/mol. The fourth-order valence-corrected chi connectivity index (χ4v) is 7.09. The van der Waals surface area contributed by atoms with Crippen LogP contribution in [0.1, 0.15) is 65.5 Å². The van der Waals surface area contributed by atoms with Crippen molar-refractivity contribution in [1.82, 2.24) is 24.9 Å². The predicted octanol–water partition coefficient (Wildman–Crippen LogP) is 2.50. The molecule has 208 valence electrons. The molecular formula is C30H40N6O3. The number of rotatable bonds is 5. The second-order valence-electron chi connectivity index (χ2n) is 12.0. The van der Waals surface area contributed by atoms with E-state index in [0.29, 0.717) is 49.6 Å². The number of carbonyl (C=O) groups excluding carboxylic acids is 3. The Labute approximate surface area is 230 Å². The van der Waals surface area contributed by atoms with Gasteiger partial charge in [0.2, 0.25) is 11.8 Å². The number of amides is 3. The first-order valence-electron chi connectivity index (χ1n) is 14.5. The van der Waals surface area contributed by atoms with Crippen LogP contribution in [0.25, 0.3) is 0 Å². The Morgan fingerprint density at radius 1 is 1.00 bits per heavy atom. The zero-order chi connectivity index (χ0) is 27.4. The second kappa shape index (κ2) is 9.99. The molecule has 1 aromatic heterocycles. The lowest BCUT2D eigenvalue weighted by Crippen LogP contribution is -2.50. The van der Waals surface area contributed by atoms with Crippen molar-refractivity contribution in [3.8, 4) is 0 Å². The van der Waals surface area contributed by atoms with Crippen molar-refractivity contribution >= 4 is 23.4 Å². The zero-order valence-corrected chi connectivity index (χ0v) is 23.6. The lowest BCUT2D eigenvalue weighted by atomic mass is 10.0. The number of piperidine rings is 1. The van der Waals surface area contributed by atoms with Crippen LogP contribution in [0.4, 0.5) is 5.69 Å². The van der Waals surface area contributed by atoms with Gasteiger partial charge in [-0.1, -0.05) is 19.1 Å². The molecule has 2 aliphatic heterocycles. The van der Waals surface area contributed by atoms with Crippen LogP contribution >= 0.6 is 0 Å². The smallest absolute Gasteiger partial charge is 0.274 e. The van der Waals surface area contributed by atoms with Crippen LogP contribution in [0.5, 0.6) is 0 Å². The SMILES string of the molecule is CC(=O)NC1CCN(C(=O)c2nn(CC(=O)N3CCN(c4cccc(C)c4C)CC3)c3c2C2C(C)C2C3)CC1. The minimum absolute atomic E-state index is 0.0264. The molecule has 2 aliphatic carbocycles. The molecule has 1 aromatic carbocycles. The van der Waals surface area contributed by atoms with Gasteiger partial charge in [-0.2, -0.15) is 5.10 Å². The van der Waals surface area contributed by atoms with Gasteiger partial charge in [0.1, 0.15) is 6.54 Å². The van der Waals surface area contributed by atoms with E-state index in [2.05, 4.69) is 49.2 Å². The number of carbonyl (C=O) groups is 3. The number of nitrogens with one attached hydrogen (secondary N) is 1. The normalized spacial score (nSPS) is 24.4. The van der Waals surface area contributed by atoms with Crippen LogP contribution in [0.15, 0.2) is 18.2 Å². The van der Waals surface area contributed by atoms with E-state index in [-0.39, 0.29) is 30.3 Å². The maximum absolute atomic E-state index is 13.6. The number of piperazine rings is 1. The third-order valence-electron chi connectivity index (χ3n) is 9.65. The second-order valence-corrected chi connectivity index (χ2v) is 12.0. The molecule has 2 saturated heterocycles. The van der Waals surface area contributed by atoms with Crippen LogP contribution in [-0.2, 0) is 22.6 Å². The number of aryl methyl sites for hydroxylation is 1. The summed E-state index contributed by atoms with van der Waals surface area (Å²) >= 11 is 0. The Bertz CT molecular complexity index is 1300. The summed E-state index contributed by atoms with van der Waals surface area (Å²) in [5.41, 5.74) is 6.56. The van der Waals surface area contributed by atoms with Crippen molar-refractivity contribution in [3.63, 3.8) is 0 Å². The molecule has 3 atom stereocenters. The quantitative estimate of drug-likeness (QED) is 0.639. The van der Waals surface area contributed by atoms with Gasteiger partial charge in [0.15, 0.2) is 5.69 Å². The van der Waals surface area contributed by atoms with Crippen LogP contribution in [0.2, 0.25) is 0 Å². The third kappa shape index (κ3) is 4.70. The molecule has 9 nitrogen and oxygen atoms in total. The minimum atomic E-state index is -0.0272. The first kappa shape index (κ1) is 25.9. The number of nitrogens with zero attached hydrogens (tertiary/aromatic N) is 5. The topological polar surface area (TPSA) is 90.8 Å². The summed E-state index contributed by atoms with van der Waals surface area (Å²) in [5.74, 6) is 1.55. The zero-order valence-electron chi connectivity index (χ0n) is 23.6. The highest BCUT2D eigenvalue weighted by molar-refractivity contribution is 5.95. The van der Waals surface area contributed by atoms with Gasteiger partial charge in [0.25, 0.3) is 5.91 Å². The summed E-state index contributed by atoms with van der Waals surface area (Å²) in [5, 5.41) is 7.78. The van der Waals surface area contributed by atoms with E-state index in [1.165, 1.54) is 23.7 Å². The van der Waals surface area contributed by atoms with Gasteiger partial charge in [0.05, 0.1) is 0 Å². The first-order valence-corrected chi connectivity index (χ1v) is 14.5. The van der Waals surface area contributed by atoms with E-state index in [1.807, 2.05) is 14.5 Å². The molecule has 6 rings (SSSR count). The molecule has 3 heterocycles. The van der Waals surface area contributed by atoms with E-state index < -0.39 is 0 Å². The molecule has 3 fully saturated rings. The molecule has 1 saturated carbocycles. The Morgan fingerprint density at radius 2 is 1.72 bits per heavy atom. The summed E-state index contributed by atoms with van der Waals surface area (Å²) in [6.07, 6.45) is 2.41. The molecule has 2 aromatic rings. The number of hydrogen-bond donors (Lipinski definition) is 1. The highest BCUT2D eigenvalue weighted by Gasteiger charge is 2.56. The van der Waals surface area contributed by atoms with Crippen molar-refractivity contribution in [2.45, 2.75) is 65.5 Å². The summed E-state index contributed by atoms with van der Waals surface area (Å²) < 4.78 is 1.84. The Balaban J connectivity index is 1.13. The third-order valence-corrected chi connectivity index (χ3v) is 9.65. The molecule has 9 heteroatoms. The van der Waals surface area contributed by atoms with Gasteiger partial charge in [-0.15, -0.1) is 0 Å². The fourth-order valence-electron chi connectivity index (χ4n) is 7.09. The fraction of sp³-hybridized carbons (Fsp3) is 0.600. The van der Waals surface area contributed by atoms with Crippen molar-refractivity contribution in [1.29, 1.82) is 0 Å². The average molecular weight is 533 g/mol. The van der Waals surface area contributed by atoms with Crippen molar-refractivity contribution < 1.29 is 14.4 Å². The number of benzene rings is 1. The largest absolute Gasteiger partial charge is 0.368 e. The van der Waals surface area contributed by atoms with Crippen molar-refractivity contribution in [2.24, 2.45) is 11.8 Å². The van der Waals surface area contributed by atoms with Gasteiger partial charge in [0, 0.05) is 69.2 Å². The van der Waals surface area contributed by atoms with E-state index >= 15 is 0 Å². The molecular weight excluding hydrogens is 492 g/mol. The van der Waals surface area contributed by atoms with Gasteiger partial charge in [-0.25, -0.2) is 0 Å². The summed E-state index contributed by atoms with van der Waals surface area (Å²) in [6, 6.07) is 6.53. The number of hydrogen-bond acceptors (Lipinski definition) is 5. The average Bonchev–Trinajstić information content (AvgIpc) is 3.23. The van der Waals surface area contributed by atoms with E-state index in [0.717, 1.165) is 43.6 Å². The van der Waals surface area contributed by atoms with E-state index in [4.69, 9.17) is 5.10 Å². The first-order chi connectivity index (χ1) is 18.7. The highest BCUT2D eigenvalue weighted by Crippen LogP contribution is 2.62. The Kier molecular flexibility index (Phi) is 6.63. The maximum atomic E-state index is 13.6. The highest BCUT2D eigenvalue weighted by atomic mass is 16.2. The Hall–Kier alpha value is -3.36. The summed E-state index contributed by atoms with van der Waals surface area (Å²) in [6.45, 7) is 12.5. The molecule has 4 aliphatic rings. The van der Waals surface area contributed by atoms with Gasteiger partial charge in [-0.3, -0.25) is 19.1 Å².